The topological polar surface area (TPSA) is 64.7 Å². The molecule has 2 heterocycles. The van der Waals surface area contributed by atoms with Crippen molar-refractivity contribution in [2.24, 2.45) is 0 Å². The Balaban J connectivity index is 2.89. The number of hydrogen-bond donors (Lipinski definition) is 1. The first-order valence-electron chi connectivity index (χ1n) is 3.40. The molecular formula is C7H4Cl2N4. The molecule has 13 heavy (non-hydrogen) atoms. The zero-order chi connectivity index (χ0) is 9.42. The molecule has 2 aromatic heterocycles. The molecule has 0 unspecified atom stereocenters. The van der Waals surface area contributed by atoms with E-state index in [1.54, 1.807) is 6.07 Å². The zero-order valence-corrected chi connectivity index (χ0v) is 7.84. The third-order valence-electron chi connectivity index (χ3n) is 1.55. The number of rotatable bonds is 0. The summed E-state index contributed by atoms with van der Waals surface area (Å²) >= 11 is 11.5. The predicted octanol–water partition coefficient (Wildman–Crippen LogP) is 1.91. The molecule has 4 nitrogen and oxygen atoms in total. The van der Waals surface area contributed by atoms with Crippen LogP contribution in [0.4, 0.5) is 5.69 Å². The number of pyridine rings is 1. The van der Waals surface area contributed by atoms with Gasteiger partial charge < -0.3 is 5.73 Å². The average molecular weight is 215 g/mol. The lowest BCUT2D eigenvalue weighted by Gasteiger charge is -2.00. The van der Waals surface area contributed by atoms with Gasteiger partial charge in [0.1, 0.15) is 11.8 Å². The molecule has 0 amide bonds. The molecule has 2 rings (SSSR count). The number of fused-ring (bicyclic) bond motifs is 1. The number of aromatic nitrogens is 3. The molecule has 0 radical (unpaired) electrons. The fraction of sp³-hybridized carbons (Fsp3) is 0. The first-order valence-corrected chi connectivity index (χ1v) is 4.16. The lowest BCUT2D eigenvalue weighted by molar-refractivity contribution is 1.20. The van der Waals surface area contributed by atoms with Crippen LogP contribution in [0.1, 0.15) is 0 Å². The maximum atomic E-state index is 5.77. The largest absolute Gasteiger partial charge is 0.396 e. The highest BCUT2D eigenvalue weighted by Crippen LogP contribution is 2.23. The van der Waals surface area contributed by atoms with Gasteiger partial charge in [-0.15, -0.1) is 0 Å². The van der Waals surface area contributed by atoms with Crippen LogP contribution in [0.25, 0.3) is 11.0 Å². The Kier molecular flexibility index (Phi) is 1.94. The Morgan fingerprint density at radius 3 is 2.69 bits per heavy atom. The van der Waals surface area contributed by atoms with Gasteiger partial charge in [-0.3, -0.25) is 0 Å². The first kappa shape index (κ1) is 8.47. The van der Waals surface area contributed by atoms with Crippen molar-refractivity contribution in [2.75, 3.05) is 5.73 Å². The molecule has 2 aromatic rings. The minimum absolute atomic E-state index is 0.212. The van der Waals surface area contributed by atoms with Gasteiger partial charge in [0, 0.05) is 0 Å². The van der Waals surface area contributed by atoms with E-state index >= 15 is 0 Å². The van der Waals surface area contributed by atoms with E-state index in [1.807, 2.05) is 0 Å². The monoisotopic (exact) mass is 214 g/mol. The molecule has 0 bridgehead atoms. The van der Waals surface area contributed by atoms with E-state index in [2.05, 4.69) is 15.0 Å². The smallest absolute Gasteiger partial charge is 0.158 e. The van der Waals surface area contributed by atoms with Crippen LogP contribution in [0.5, 0.6) is 0 Å². The van der Waals surface area contributed by atoms with Crippen LogP contribution in [-0.2, 0) is 0 Å². The van der Waals surface area contributed by atoms with Gasteiger partial charge in [-0.2, -0.15) is 0 Å². The summed E-state index contributed by atoms with van der Waals surface area (Å²) in [6, 6.07) is 1.61. The molecule has 0 saturated carbocycles. The minimum Gasteiger partial charge on any atom is -0.396 e. The highest BCUT2D eigenvalue weighted by atomic mass is 35.5. The zero-order valence-electron chi connectivity index (χ0n) is 6.33. The Morgan fingerprint density at radius 2 is 1.92 bits per heavy atom. The second kappa shape index (κ2) is 2.97. The van der Waals surface area contributed by atoms with Gasteiger partial charge in [0.05, 0.1) is 11.2 Å². The third kappa shape index (κ3) is 1.38. The number of halogens is 2. The molecule has 0 saturated heterocycles. The van der Waals surface area contributed by atoms with Crippen LogP contribution in [0.15, 0.2) is 12.4 Å². The highest BCUT2D eigenvalue weighted by Gasteiger charge is 2.06. The lowest BCUT2D eigenvalue weighted by Crippen LogP contribution is -1.93. The Morgan fingerprint density at radius 1 is 1.15 bits per heavy atom. The van der Waals surface area contributed by atoms with Crippen LogP contribution in [-0.4, -0.2) is 15.0 Å². The van der Waals surface area contributed by atoms with Crippen LogP contribution < -0.4 is 5.73 Å². The van der Waals surface area contributed by atoms with Crippen molar-refractivity contribution < 1.29 is 0 Å². The maximum Gasteiger partial charge on any atom is 0.158 e. The van der Waals surface area contributed by atoms with E-state index in [4.69, 9.17) is 28.9 Å². The van der Waals surface area contributed by atoms with E-state index in [-0.39, 0.29) is 10.3 Å². The van der Waals surface area contributed by atoms with Crippen LogP contribution in [0.2, 0.25) is 10.3 Å². The maximum absolute atomic E-state index is 5.77. The first-order chi connectivity index (χ1) is 6.18. The van der Waals surface area contributed by atoms with E-state index in [1.165, 1.54) is 6.33 Å². The molecule has 0 aliphatic rings. The van der Waals surface area contributed by atoms with Gasteiger partial charge >= 0.3 is 0 Å². The van der Waals surface area contributed by atoms with Crippen molar-refractivity contribution in [3.63, 3.8) is 0 Å². The van der Waals surface area contributed by atoms with Crippen molar-refractivity contribution in [1.29, 1.82) is 0 Å². The average Bonchev–Trinajstić information content (AvgIpc) is 2.09. The summed E-state index contributed by atoms with van der Waals surface area (Å²) in [6.07, 6.45) is 1.35. The van der Waals surface area contributed by atoms with Crippen molar-refractivity contribution in [1.82, 2.24) is 15.0 Å². The summed E-state index contributed by atoms with van der Waals surface area (Å²) < 4.78 is 0. The van der Waals surface area contributed by atoms with Crippen molar-refractivity contribution in [3.8, 4) is 0 Å². The predicted molar refractivity (Wildman–Crippen MR) is 51.8 cm³/mol. The Labute approximate surface area is 83.7 Å². The van der Waals surface area contributed by atoms with Gasteiger partial charge in [0.25, 0.3) is 0 Å². The molecule has 2 N–H and O–H groups in total. The van der Waals surface area contributed by atoms with Gasteiger partial charge in [-0.25, -0.2) is 15.0 Å². The van der Waals surface area contributed by atoms with E-state index in [9.17, 15) is 0 Å². The van der Waals surface area contributed by atoms with Gasteiger partial charge in [0.15, 0.2) is 10.3 Å². The van der Waals surface area contributed by atoms with E-state index in [0.29, 0.717) is 16.7 Å². The minimum atomic E-state index is 0.212. The standard InChI is InChI=1S/C7H4Cl2N4/c8-6-3(10)1-4-5(13-6)7(9)12-2-11-4/h1-2H,10H2. The summed E-state index contributed by atoms with van der Waals surface area (Å²) in [5.74, 6) is 0. The molecule has 6 heteroatoms. The highest BCUT2D eigenvalue weighted by molar-refractivity contribution is 6.35. The number of hydrogen-bond acceptors (Lipinski definition) is 4. The Hall–Kier alpha value is -1.13. The number of anilines is 1. The van der Waals surface area contributed by atoms with Crippen LogP contribution >= 0.6 is 23.2 Å². The van der Waals surface area contributed by atoms with Gasteiger partial charge in [0.2, 0.25) is 0 Å². The molecule has 0 aliphatic carbocycles. The van der Waals surface area contributed by atoms with Crippen molar-refractivity contribution >= 4 is 39.9 Å². The summed E-state index contributed by atoms with van der Waals surface area (Å²) in [5.41, 5.74) is 6.96. The molecular weight excluding hydrogens is 211 g/mol. The molecule has 0 spiro atoms. The molecule has 0 atom stereocenters. The summed E-state index contributed by atoms with van der Waals surface area (Å²) in [4.78, 5) is 11.7. The Bertz CT molecular complexity index is 471. The molecule has 0 aliphatic heterocycles. The fourth-order valence-electron chi connectivity index (χ4n) is 0.948. The molecule has 66 valence electrons. The molecule has 0 fully saturated rings. The number of nitrogens with two attached hydrogens (primary N) is 1. The van der Waals surface area contributed by atoms with Gasteiger partial charge in [-0.1, -0.05) is 23.2 Å². The van der Waals surface area contributed by atoms with Crippen LogP contribution in [0, 0.1) is 0 Å². The summed E-state index contributed by atoms with van der Waals surface area (Å²) in [6.45, 7) is 0. The SMILES string of the molecule is Nc1cc2ncnc(Cl)c2nc1Cl. The summed E-state index contributed by atoms with van der Waals surface area (Å²) in [5, 5.41) is 0.483. The van der Waals surface area contributed by atoms with Crippen molar-refractivity contribution in [3.05, 3.63) is 22.7 Å². The number of nitrogen functional groups attached to an aromatic ring is 1. The quantitative estimate of drug-likeness (QED) is 0.538. The van der Waals surface area contributed by atoms with Crippen LogP contribution in [0.3, 0.4) is 0 Å². The van der Waals surface area contributed by atoms with E-state index in [0.717, 1.165) is 0 Å². The van der Waals surface area contributed by atoms with E-state index < -0.39 is 0 Å². The van der Waals surface area contributed by atoms with Gasteiger partial charge in [-0.05, 0) is 6.07 Å². The second-order valence-corrected chi connectivity index (χ2v) is 3.12. The molecule has 0 aromatic carbocycles. The third-order valence-corrected chi connectivity index (χ3v) is 2.13. The number of nitrogens with zero attached hydrogens (tertiary/aromatic N) is 3. The lowest BCUT2D eigenvalue weighted by atomic mass is 10.3. The normalized spacial score (nSPS) is 10.6. The fourth-order valence-corrected chi connectivity index (χ4v) is 1.27. The van der Waals surface area contributed by atoms with Crippen molar-refractivity contribution in [2.45, 2.75) is 0 Å². The summed E-state index contributed by atoms with van der Waals surface area (Å²) in [7, 11) is 0. The second-order valence-electron chi connectivity index (χ2n) is 2.40.